The molecule has 3 aromatic rings. The molecule has 0 unspecified atom stereocenters. The van der Waals surface area contributed by atoms with Gasteiger partial charge in [-0.1, -0.05) is 78.9 Å². The number of fused-ring (bicyclic) bond motifs is 2. The molecule has 4 rings (SSSR count). The van der Waals surface area contributed by atoms with E-state index in [4.69, 9.17) is 4.74 Å². The molecule has 1 aliphatic heterocycles. The number of nitrogens with zero attached hydrogens (tertiary/aromatic N) is 2. The maximum Gasteiger partial charge on any atom is 0.330 e. The summed E-state index contributed by atoms with van der Waals surface area (Å²) in [6.07, 6.45) is 7.09. The fourth-order valence-electron chi connectivity index (χ4n) is 3.79. The van der Waals surface area contributed by atoms with Gasteiger partial charge in [-0.05, 0) is 41.8 Å². The van der Waals surface area contributed by atoms with Crippen molar-refractivity contribution in [2.24, 2.45) is 0 Å². The molecule has 34 heavy (non-hydrogen) atoms. The summed E-state index contributed by atoms with van der Waals surface area (Å²) in [5.41, 5.74) is 4.15. The molecule has 1 heterocycles. The molecule has 3 aromatic carbocycles. The van der Waals surface area contributed by atoms with Crippen molar-refractivity contribution in [3.05, 3.63) is 108 Å². The number of carboxylic acids is 1. The first-order valence-corrected chi connectivity index (χ1v) is 11.1. The molecule has 0 aliphatic carbocycles. The Balaban J connectivity index is 1.61. The Hall–Kier alpha value is -4.32. The fraction of sp³-hybridized carbons (Fsp3) is 0.143. The van der Waals surface area contributed by atoms with E-state index < -0.39 is 18.0 Å². The molecule has 6 nitrogen and oxygen atoms in total. The second kappa shape index (κ2) is 10.5. The lowest BCUT2D eigenvalue weighted by Gasteiger charge is -2.33. The molecule has 1 N–H and O–H groups in total. The number of benzene rings is 3. The minimum absolute atomic E-state index is 0.0787. The normalized spacial score (nSPS) is 13.0. The van der Waals surface area contributed by atoms with Crippen molar-refractivity contribution < 1.29 is 19.4 Å². The Labute approximate surface area is 199 Å². The Morgan fingerprint density at radius 1 is 0.912 bits per heavy atom. The summed E-state index contributed by atoms with van der Waals surface area (Å²) in [6, 6.07) is 23.4. The van der Waals surface area contributed by atoms with Crippen molar-refractivity contribution >= 4 is 35.5 Å². The van der Waals surface area contributed by atoms with E-state index in [9.17, 15) is 14.7 Å². The van der Waals surface area contributed by atoms with Crippen LogP contribution in [0.1, 0.15) is 23.6 Å². The molecule has 0 fully saturated rings. The van der Waals surface area contributed by atoms with E-state index in [1.54, 1.807) is 11.0 Å². The standard InChI is InChI=1S/C28H26N2O4/c1-21(27(31)32)29(18-9-19-34-20-22-10-3-2-4-11-22)28(33)30-25-14-7-5-12-23(25)16-17-24-13-6-8-15-26(24)30/h2-17,19,21H,18,20H2,1H3,(H,31,32)/b19-9+/t21-/m0/s1. The molecular formula is C28H26N2O4. The van der Waals surface area contributed by atoms with Crippen LogP contribution >= 0.6 is 0 Å². The molecule has 0 bridgehead atoms. The van der Waals surface area contributed by atoms with Crippen molar-refractivity contribution in [2.75, 3.05) is 11.4 Å². The molecule has 172 valence electrons. The van der Waals surface area contributed by atoms with Crippen molar-refractivity contribution in [1.29, 1.82) is 0 Å². The van der Waals surface area contributed by atoms with Crippen LogP contribution in [0.4, 0.5) is 16.2 Å². The lowest BCUT2D eigenvalue weighted by atomic mass is 10.1. The summed E-state index contributed by atoms with van der Waals surface area (Å²) in [6.45, 7) is 1.97. The van der Waals surface area contributed by atoms with Crippen LogP contribution in [-0.2, 0) is 16.1 Å². The lowest BCUT2D eigenvalue weighted by Crippen LogP contribution is -2.49. The third kappa shape index (κ3) is 5.02. The number of hydrogen-bond donors (Lipinski definition) is 1. The number of hydrogen-bond acceptors (Lipinski definition) is 3. The van der Waals surface area contributed by atoms with Crippen molar-refractivity contribution in [3.8, 4) is 0 Å². The highest BCUT2D eigenvalue weighted by molar-refractivity contribution is 6.06. The highest BCUT2D eigenvalue weighted by Crippen LogP contribution is 2.37. The molecule has 6 heteroatoms. The van der Waals surface area contributed by atoms with Gasteiger partial charge in [-0.15, -0.1) is 0 Å². The first-order chi connectivity index (χ1) is 16.6. The van der Waals surface area contributed by atoms with Crippen LogP contribution < -0.4 is 4.90 Å². The highest BCUT2D eigenvalue weighted by Gasteiger charge is 2.32. The topological polar surface area (TPSA) is 70.1 Å². The number of para-hydroxylation sites is 2. The summed E-state index contributed by atoms with van der Waals surface area (Å²) >= 11 is 0. The van der Waals surface area contributed by atoms with Crippen LogP contribution in [0.15, 0.2) is 91.2 Å². The maximum absolute atomic E-state index is 13.9. The highest BCUT2D eigenvalue weighted by atomic mass is 16.5. The maximum atomic E-state index is 13.9. The molecular weight excluding hydrogens is 428 g/mol. The number of urea groups is 1. The predicted molar refractivity (Wildman–Crippen MR) is 134 cm³/mol. The van der Waals surface area contributed by atoms with Crippen molar-refractivity contribution in [3.63, 3.8) is 0 Å². The van der Waals surface area contributed by atoms with Crippen LogP contribution in [0.2, 0.25) is 0 Å². The lowest BCUT2D eigenvalue weighted by molar-refractivity contribution is -0.141. The minimum atomic E-state index is -1.08. The molecule has 0 radical (unpaired) electrons. The Morgan fingerprint density at radius 3 is 2.06 bits per heavy atom. The van der Waals surface area contributed by atoms with Crippen LogP contribution in [0.5, 0.6) is 0 Å². The van der Waals surface area contributed by atoms with Gasteiger partial charge in [-0.2, -0.15) is 0 Å². The number of ether oxygens (including phenoxy) is 1. The third-order valence-electron chi connectivity index (χ3n) is 5.65. The summed E-state index contributed by atoms with van der Waals surface area (Å²) in [5.74, 6) is -1.08. The zero-order valence-corrected chi connectivity index (χ0v) is 18.9. The van der Waals surface area contributed by atoms with E-state index in [0.717, 1.165) is 16.7 Å². The van der Waals surface area contributed by atoms with Crippen LogP contribution in [0.3, 0.4) is 0 Å². The minimum Gasteiger partial charge on any atom is -0.497 e. The molecule has 0 saturated carbocycles. The molecule has 0 aromatic heterocycles. The summed E-state index contributed by atoms with van der Waals surface area (Å²) in [5, 5.41) is 9.72. The number of carboxylic acid groups (broad SMARTS) is 1. The zero-order chi connectivity index (χ0) is 23.9. The van der Waals surface area contributed by atoms with Crippen molar-refractivity contribution in [2.45, 2.75) is 19.6 Å². The van der Waals surface area contributed by atoms with E-state index in [2.05, 4.69) is 0 Å². The Bertz CT molecular complexity index is 1170. The zero-order valence-electron chi connectivity index (χ0n) is 18.9. The summed E-state index contributed by atoms with van der Waals surface area (Å²) in [7, 11) is 0. The van der Waals surface area contributed by atoms with Gasteiger partial charge in [-0.3, -0.25) is 4.90 Å². The average molecular weight is 455 g/mol. The van der Waals surface area contributed by atoms with Crippen LogP contribution in [0.25, 0.3) is 12.2 Å². The SMILES string of the molecule is C[C@@H](C(=O)O)N(C/C=C/OCc1ccccc1)C(=O)N1c2ccccc2C=Cc2ccccc21. The van der Waals surface area contributed by atoms with Gasteiger partial charge in [0.15, 0.2) is 0 Å². The van der Waals surface area contributed by atoms with E-state index in [0.29, 0.717) is 18.0 Å². The second-order valence-corrected chi connectivity index (χ2v) is 7.90. The summed E-state index contributed by atoms with van der Waals surface area (Å²) in [4.78, 5) is 28.7. The van der Waals surface area contributed by atoms with E-state index in [-0.39, 0.29) is 6.54 Å². The molecule has 2 amide bonds. The van der Waals surface area contributed by atoms with E-state index >= 15 is 0 Å². The van der Waals surface area contributed by atoms with Gasteiger partial charge in [0.25, 0.3) is 0 Å². The van der Waals surface area contributed by atoms with Crippen molar-refractivity contribution in [1.82, 2.24) is 4.90 Å². The first kappa shape index (κ1) is 22.9. The van der Waals surface area contributed by atoms with Gasteiger partial charge < -0.3 is 14.7 Å². The Kier molecular flexibility index (Phi) is 7.08. The van der Waals surface area contributed by atoms with Crippen LogP contribution in [0, 0.1) is 0 Å². The number of aliphatic carboxylic acids is 1. The smallest absolute Gasteiger partial charge is 0.330 e. The quantitative estimate of drug-likeness (QED) is 0.449. The van der Waals surface area contributed by atoms with E-state index in [1.807, 2.05) is 91.0 Å². The second-order valence-electron chi connectivity index (χ2n) is 7.90. The largest absolute Gasteiger partial charge is 0.497 e. The number of anilines is 2. The van der Waals surface area contributed by atoms with Gasteiger partial charge in [-0.25, -0.2) is 9.59 Å². The average Bonchev–Trinajstić information content (AvgIpc) is 3.03. The van der Waals surface area contributed by atoms with Gasteiger partial charge in [0.2, 0.25) is 0 Å². The molecule has 0 spiro atoms. The number of carbonyl (C=O) groups excluding carboxylic acids is 1. The van der Waals surface area contributed by atoms with Crippen LogP contribution in [-0.4, -0.2) is 34.6 Å². The molecule has 0 saturated heterocycles. The number of amides is 2. The Morgan fingerprint density at radius 2 is 1.47 bits per heavy atom. The number of carbonyl (C=O) groups is 2. The number of rotatable bonds is 7. The summed E-state index contributed by atoms with van der Waals surface area (Å²) < 4.78 is 5.58. The van der Waals surface area contributed by atoms with Gasteiger partial charge in [0.1, 0.15) is 12.6 Å². The predicted octanol–water partition coefficient (Wildman–Crippen LogP) is 5.93. The van der Waals surface area contributed by atoms with Gasteiger partial charge in [0.05, 0.1) is 17.6 Å². The molecule has 1 aliphatic rings. The molecule has 1 atom stereocenters. The monoisotopic (exact) mass is 454 g/mol. The van der Waals surface area contributed by atoms with Gasteiger partial charge in [0, 0.05) is 6.54 Å². The van der Waals surface area contributed by atoms with Gasteiger partial charge >= 0.3 is 12.0 Å². The third-order valence-corrected chi connectivity index (χ3v) is 5.65. The first-order valence-electron chi connectivity index (χ1n) is 11.1. The fourth-order valence-corrected chi connectivity index (χ4v) is 3.79. The van der Waals surface area contributed by atoms with E-state index in [1.165, 1.54) is 18.1 Å².